The molecule has 1 aliphatic heterocycles. The number of hydrogen-bond donors (Lipinski definition) is 2. The molecule has 9 heteroatoms. The number of hydrogen-bond acceptors (Lipinski definition) is 6. The van der Waals surface area contributed by atoms with E-state index in [0.29, 0.717) is 17.1 Å². The molecule has 0 saturated heterocycles. The van der Waals surface area contributed by atoms with Crippen LogP contribution in [0.25, 0.3) is 0 Å². The highest BCUT2D eigenvalue weighted by Gasteiger charge is 2.22. The topological polar surface area (TPSA) is 128 Å². The summed E-state index contributed by atoms with van der Waals surface area (Å²) in [6, 6.07) is 9.15. The summed E-state index contributed by atoms with van der Waals surface area (Å²) in [6.45, 7) is 0.0809. The van der Waals surface area contributed by atoms with Crippen molar-refractivity contribution in [2.45, 2.75) is 12.5 Å². The average molecular weight is 358 g/mol. The molecule has 134 valence electrons. The van der Waals surface area contributed by atoms with Gasteiger partial charge in [0.15, 0.2) is 11.5 Å². The van der Waals surface area contributed by atoms with Gasteiger partial charge in [0.2, 0.25) is 6.79 Å². The fraction of sp³-hybridized carbons (Fsp3) is 0.176. The highest BCUT2D eigenvalue weighted by molar-refractivity contribution is 5.94. The molecular formula is C17H14N2O7. The lowest BCUT2D eigenvalue weighted by molar-refractivity contribution is -0.384. The molecule has 0 unspecified atom stereocenters. The Morgan fingerprint density at radius 1 is 1.15 bits per heavy atom. The second-order valence-electron chi connectivity index (χ2n) is 5.54. The maximum Gasteiger partial charge on any atom is 0.305 e. The Labute approximate surface area is 147 Å². The molecule has 2 N–H and O–H groups in total. The van der Waals surface area contributed by atoms with E-state index in [0.717, 1.165) is 0 Å². The van der Waals surface area contributed by atoms with Crippen molar-refractivity contribution in [1.82, 2.24) is 5.32 Å². The molecule has 1 aliphatic rings. The summed E-state index contributed by atoms with van der Waals surface area (Å²) in [5.74, 6) is -0.604. The van der Waals surface area contributed by atoms with Crippen LogP contribution >= 0.6 is 0 Å². The Kier molecular flexibility index (Phi) is 4.70. The minimum Gasteiger partial charge on any atom is -0.481 e. The zero-order chi connectivity index (χ0) is 18.7. The number of carboxylic acids is 1. The van der Waals surface area contributed by atoms with Crippen molar-refractivity contribution in [2.24, 2.45) is 0 Å². The zero-order valence-electron chi connectivity index (χ0n) is 13.4. The first-order valence-electron chi connectivity index (χ1n) is 7.60. The largest absolute Gasteiger partial charge is 0.481 e. The first-order chi connectivity index (χ1) is 12.4. The Bertz CT molecular complexity index is 864. The molecule has 2 aromatic rings. The summed E-state index contributed by atoms with van der Waals surface area (Å²) in [6.07, 6.45) is -0.335. The van der Waals surface area contributed by atoms with Gasteiger partial charge in [-0.15, -0.1) is 0 Å². The Morgan fingerprint density at radius 2 is 1.85 bits per heavy atom. The highest BCUT2D eigenvalue weighted by Crippen LogP contribution is 2.34. The van der Waals surface area contributed by atoms with Crippen LogP contribution in [0.3, 0.4) is 0 Å². The van der Waals surface area contributed by atoms with Crippen LogP contribution in [0, 0.1) is 10.1 Å². The molecule has 26 heavy (non-hydrogen) atoms. The van der Waals surface area contributed by atoms with Crippen molar-refractivity contribution in [2.75, 3.05) is 6.79 Å². The number of carboxylic acid groups (broad SMARTS) is 1. The van der Waals surface area contributed by atoms with Gasteiger partial charge in [-0.3, -0.25) is 19.7 Å². The van der Waals surface area contributed by atoms with Gasteiger partial charge in [-0.1, -0.05) is 6.07 Å². The quantitative estimate of drug-likeness (QED) is 0.599. The second kappa shape index (κ2) is 7.09. The predicted molar refractivity (Wildman–Crippen MR) is 88.1 cm³/mol. The van der Waals surface area contributed by atoms with E-state index in [1.165, 1.54) is 24.3 Å². The summed E-state index contributed by atoms with van der Waals surface area (Å²) >= 11 is 0. The number of fused-ring (bicyclic) bond motifs is 1. The van der Waals surface area contributed by atoms with E-state index in [1.54, 1.807) is 18.2 Å². The fourth-order valence-corrected chi connectivity index (χ4v) is 2.53. The van der Waals surface area contributed by atoms with Gasteiger partial charge in [-0.05, 0) is 29.8 Å². The molecule has 0 spiro atoms. The molecule has 3 rings (SSSR count). The molecule has 1 atom stereocenters. The molecule has 0 fully saturated rings. The lowest BCUT2D eigenvalue weighted by Gasteiger charge is -2.18. The summed E-state index contributed by atoms with van der Waals surface area (Å²) in [5.41, 5.74) is 0.595. The van der Waals surface area contributed by atoms with Gasteiger partial charge in [0, 0.05) is 17.7 Å². The summed E-state index contributed by atoms with van der Waals surface area (Å²) in [7, 11) is 0. The molecule has 2 aromatic carbocycles. The molecular weight excluding hydrogens is 344 g/mol. The van der Waals surface area contributed by atoms with Crippen molar-refractivity contribution in [3.63, 3.8) is 0 Å². The van der Waals surface area contributed by atoms with Crippen LogP contribution in [0.4, 0.5) is 5.69 Å². The van der Waals surface area contributed by atoms with Crippen molar-refractivity contribution in [1.29, 1.82) is 0 Å². The van der Waals surface area contributed by atoms with Crippen LogP contribution in [0.5, 0.6) is 11.5 Å². The third-order valence-electron chi connectivity index (χ3n) is 3.82. The number of aliphatic carboxylic acids is 1. The van der Waals surface area contributed by atoms with Crippen LogP contribution in [-0.4, -0.2) is 28.7 Å². The molecule has 1 heterocycles. The van der Waals surface area contributed by atoms with E-state index >= 15 is 0 Å². The van der Waals surface area contributed by atoms with Gasteiger partial charge in [0.1, 0.15) is 0 Å². The molecule has 1 amide bonds. The zero-order valence-corrected chi connectivity index (χ0v) is 13.4. The fourth-order valence-electron chi connectivity index (χ4n) is 2.53. The maximum absolute atomic E-state index is 12.4. The number of nitro groups is 1. The van der Waals surface area contributed by atoms with Gasteiger partial charge in [-0.2, -0.15) is 0 Å². The first-order valence-corrected chi connectivity index (χ1v) is 7.60. The highest BCUT2D eigenvalue weighted by atomic mass is 16.7. The van der Waals surface area contributed by atoms with Crippen molar-refractivity contribution < 1.29 is 29.1 Å². The van der Waals surface area contributed by atoms with Crippen molar-refractivity contribution in [3.8, 4) is 11.5 Å². The SMILES string of the molecule is O=C(O)C[C@H](NC(=O)c1ccc([N+](=O)[O-])cc1)c1ccc2c(c1)OCO2. The van der Waals surface area contributed by atoms with E-state index in [9.17, 15) is 19.7 Å². The van der Waals surface area contributed by atoms with E-state index < -0.39 is 22.8 Å². The van der Waals surface area contributed by atoms with Crippen molar-refractivity contribution >= 4 is 17.6 Å². The Hall–Kier alpha value is -3.62. The van der Waals surface area contributed by atoms with Crippen molar-refractivity contribution in [3.05, 3.63) is 63.7 Å². The van der Waals surface area contributed by atoms with Crippen LogP contribution < -0.4 is 14.8 Å². The third kappa shape index (κ3) is 3.72. The monoisotopic (exact) mass is 358 g/mol. The van der Waals surface area contributed by atoms with Crippen LogP contribution in [0.1, 0.15) is 28.4 Å². The van der Waals surface area contributed by atoms with E-state index in [1.807, 2.05) is 0 Å². The summed E-state index contributed by atoms with van der Waals surface area (Å²) < 4.78 is 10.5. The normalized spacial score (nSPS) is 13.1. The lowest BCUT2D eigenvalue weighted by Crippen LogP contribution is -2.30. The predicted octanol–water partition coefficient (Wildman–Crippen LogP) is 2.27. The van der Waals surface area contributed by atoms with Crippen LogP contribution in [-0.2, 0) is 4.79 Å². The van der Waals surface area contributed by atoms with E-state index in [4.69, 9.17) is 14.6 Å². The number of carbonyl (C=O) groups is 2. The molecule has 0 bridgehead atoms. The number of non-ortho nitro benzene ring substituents is 1. The third-order valence-corrected chi connectivity index (χ3v) is 3.82. The average Bonchev–Trinajstić information content (AvgIpc) is 3.08. The second-order valence-corrected chi connectivity index (χ2v) is 5.54. The van der Waals surface area contributed by atoms with Crippen LogP contribution in [0.2, 0.25) is 0 Å². The number of rotatable bonds is 6. The minimum absolute atomic E-state index is 0.0809. The van der Waals surface area contributed by atoms with Gasteiger partial charge in [-0.25, -0.2) is 0 Å². The number of nitrogens with zero attached hydrogens (tertiary/aromatic N) is 1. The standard InChI is InChI=1S/C17H14N2O7/c20-16(21)8-13(11-3-6-14-15(7-11)26-9-25-14)18-17(22)10-1-4-12(5-2-10)19(23)24/h1-7,13H,8-9H2,(H,18,22)(H,20,21)/t13-/m0/s1. The van der Waals surface area contributed by atoms with Gasteiger partial charge >= 0.3 is 5.97 Å². The smallest absolute Gasteiger partial charge is 0.305 e. The number of nitro benzene ring substituents is 1. The summed E-state index contributed by atoms with van der Waals surface area (Å²) in [4.78, 5) is 33.7. The number of amides is 1. The van der Waals surface area contributed by atoms with Gasteiger partial charge in [0.25, 0.3) is 11.6 Å². The number of nitrogens with one attached hydrogen (secondary N) is 1. The minimum atomic E-state index is -1.09. The number of carbonyl (C=O) groups excluding carboxylic acids is 1. The first kappa shape index (κ1) is 17.2. The molecule has 0 saturated carbocycles. The number of ether oxygens (including phenoxy) is 2. The Balaban J connectivity index is 1.80. The van der Waals surface area contributed by atoms with Gasteiger partial charge in [0.05, 0.1) is 17.4 Å². The van der Waals surface area contributed by atoms with E-state index in [2.05, 4.69) is 5.32 Å². The maximum atomic E-state index is 12.4. The summed E-state index contributed by atoms with van der Waals surface area (Å²) in [5, 5.41) is 22.4. The van der Waals surface area contributed by atoms with E-state index in [-0.39, 0.29) is 24.5 Å². The molecule has 0 aromatic heterocycles. The van der Waals surface area contributed by atoms with Crippen LogP contribution in [0.15, 0.2) is 42.5 Å². The molecule has 9 nitrogen and oxygen atoms in total. The van der Waals surface area contributed by atoms with Gasteiger partial charge < -0.3 is 19.9 Å². The molecule has 0 aliphatic carbocycles. The number of benzene rings is 2. The Morgan fingerprint density at radius 3 is 2.50 bits per heavy atom. The lowest BCUT2D eigenvalue weighted by atomic mass is 10.0. The molecule has 0 radical (unpaired) electrons.